The molecule has 0 fully saturated rings. The van der Waals surface area contributed by atoms with Gasteiger partial charge in [0, 0.05) is 19.4 Å². The summed E-state index contributed by atoms with van der Waals surface area (Å²) in [6, 6.07) is 0. The van der Waals surface area contributed by atoms with E-state index < -0.39 is 6.10 Å². The first kappa shape index (κ1) is 59.3. The molecule has 0 aromatic carbocycles. The van der Waals surface area contributed by atoms with Crippen molar-refractivity contribution in [3.63, 3.8) is 0 Å². The van der Waals surface area contributed by atoms with Crippen molar-refractivity contribution >= 4 is 11.9 Å². The molecule has 0 amide bonds. The molecule has 358 valence electrons. The average Bonchev–Trinajstić information content (AvgIpc) is 3.27. The van der Waals surface area contributed by atoms with Gasteiger partial charge in [-0.1, -0.05) is 203 Å². The number of unbranched alkanes of at least 4 members (excludes halogenated alkanes) is 25. The van der Waals surface area contributed by atoms with Gasteiger partial charge in [-0.25, -0.2) is 0 Å². The maximum Gasteiger partial charge on any atom is 0.306 e. The summed E-state index contributed by atoms with van der Waals surface area (Å²) in [4.78, 5) is 25.4. The van der Waals surface area contributed by atoms with Gasteiger partial charge in [0.2, 0.25) is 0 Å². The highest BCUT2D eigenvalue weighted by atomic mass is 16.6. The summed E-state index contributed by atoms with van der Waals surface area (Å²) >= 11 is 0. The van der Waals surface area contributed by atoms with Crippen LogP contribution in [0.1, 0.15) is 252 Å². The predicted molar refractivity (Wildman–Crippen MR) is 270 cm³/mol. The van der Waals surface area contributed by atoms with Gasteiger partial charge in [-0.05, 0) is 109 Å². The Morgan fingerprint density at radius 2 is 0.726 bits per heavy atom. The van der Waals surface area contributed by atoms with E-state index in [4.69, 9.17) is 14.2 Å². The first-order valence-electron chi connectivity index (χ1n) is 26.5. The summed E-state index contributed by atoms with van der Waals surface area (Å²) in [5, 5.41) is 0. The highest BCUT2D eigenvalue weighted by molar-refractivity contribution is 5.70. The van der Waals surface area contributed by atoms with Crippen LogP contribution in [0.4, 0.5) is 0 Å². The third-order valence-electron chi connectivity index (χ3n) is 11.2. The third-order valence-corrected chi connectivity index (χ3v) is 11.2. The molecule has 0 bridgehead atoms. The fourth-order valence-corrected chi connectivity index (χ4v) is 7.25. The van der Waals surface area contributed by atoms with Crippen molar-refractivity contribution in [2.45, 2.75) is 258 Å². The Morgan fingerprint density at radius 3 is 1.19 bits per heavy atom. The van der Waals surface area contributed by atoms with E-state index in [9.17, 15) is 9.59 Å². The van der Waals surface area contributed by atoms with Gasteiger partial charge in [0.1, 0.15) is 6.61 Å². The third kappa shape index (κ3) is 50.0. The van der Waals surface area contributed by atoms with Crippen LogP contribution in [0.25, 0.3) is 0 Å². The topological polar surface area (TPSA) is 61.8 Å². The number of hydrogen-bond donors (Lipinski definition) is 0. The van der Waals surface area contributed by atoms with Crippen LogP contribution >= 0.6 is 0 Å². The lowest BCUT2D eigenvalue weighted by atomic mass is 10.1. The number of esters is 2. The molecule has 0 aliphatic rings. The first-order valence-corrected chi connectivity index (χ1v) is 26.5. The number of carbonyl (C=O) groups is 2. The largest absolute Gasteiger partial charge is 0.462 e. The van der Waals surface area contributed by atoms with Crippen LogP contribution in [0.2, 0.25) is 0 Å². The molecule has 0 aliphatic heterocycles. The average molecular weight is 865 g/mol. The van der Waals surface area contributed by atoms with Crippen LogP contribution in [-0.4, -0.2) is 37.9 Å². The van der Waals surface area contributed by atoms with Crippen LogP contribution < -0.4 is 0 Å². The number of allylic oxidation sites excluding steroid dienone is 12. The zero-order valence-corrected chi connectivity index (χ0v) is 41.1. The van der Waals surface area contributed by atoms with Crippen molar-refractivity contribution in [2.24, 2.45) is 0 Å². The van der Waals surface area contributed by atoms with Crippen molar-refractivity contribution in [3.8, 4) is 0 Å². The molecule has 0 aliphatic carbocycles. The Hall–Kier alpha value is -2.66. The van der Waals surface area contributed by atoms with E-state index >= 15 is 0 Å². The summed E-state index contributed by atoms with van der Waals surface area (Å²) < 4.78 is 17.4. The van der Waals surface area contributed by atoms with Gasteiger partial charge in [-0.3, -0.25) is 9.59 Å². The second-order valence-electron chi connectivity index (χ2n) is 17.4. The van der Waals surface area contributed by atoms with Gasteiger partial charge in [0.25, 0.3) is 0 Å². The number of hydrogen-bond acceptors (Lipinski definition) is 5. The molecule has 0 rings (SSSR count). The van der Waals surface area contributed by atoms with E-state index in [0.717, 1.165) is 96.3 Å². The molecule has 0 radical (unpaired) electrons. The molecule has 0 saturated carbocycles. The Morgan fingerprint density at radius 1 is 0.371 bits per heavy atom. The minimum absolute atomic E-state index is 0.0654. The van der Waals surface area contributed by atoms with E-state index in [-0.39, 0.29) is 25.2 Å². The van der Waals surface area contributed by atoms with Gasteiger partial charge < -0.3 is 14.2 Å². The van der Waals surface area contributed by atoms with E-state index in [1.54, 1.807) is 0 Å². The van der Waals surface area contributed by atoms with Crippen molar-refractivity contribution in [1.29, 1.82) is 0 Å². The fraction of sp³-hybridized carbons (Fsp3) is 0.754. The molecule has 1 unspecified atom stereocenters. The molecule has 0 aromatic rings. The first-order chi connectivity index (χ1) is 30.6. The normalized spacial score (nSPS) is 12.8. The van der Waals surface area contributed by atoms with E-state index in [1.165, 1.54) is 122 Å². The van der Waals surface area contributed by atoms with Crippen LogP contribution in [0.15, 0.2) is 72.9 Å². The molecular weight excluding hydrogens is 765 g/mol. The molecule has 1 atom stereocenters. The lowest BCUT2D eigenvalue weighted by Crippen LogP contribution is -2.30. The lowest BCUT2D eigenvalue weighted by molar-refractivity contribution is -0.163. The van der Waals surface area contributed by atoms with Crippen molar-refractivity contribution in [1.82, 2.24) is 0 Å². The Balaban J connectivity index is 4.32. The molecule has 0 spiro atoms. The summed E-state index contributed by atoms with van der Waals surface area (Å²) in [5.74, 6) is -0.427. The molecular formula is C57H100O5. The second-order valence-corrected chi connectivity index (χ2v) is 17.4. The molecule has 62 heavy (non-hydrogen) atoms. The predicted octanol–water partition coefficient (Wildman–Crippen LogP) is 17.9. The van der Waals surface area contributed by atoms with Crippen molar-refractivity contribution < 1.29 is 23.8 Å². The minimum Gasteiger partial charge on any atom is -0.462 e. The number of rotatable bonds is 48. The summed E-state index contributed by atoms with van der Waals surface area (Å²) in [6.45, 7) is 7.63. The van der Waals surface area contributed by atoms with E-state index in [0.29, 0.717) is 19.4 Å². The van der Waals surface area contributed by atoms with Gasteiger partial charge in [-0.15, -0.1) is 0 Å². The monoisotopic (exact) mass is 865 g/mol. The van der Waals surface area contributed by atoms with Gasteiger partial charge >= 0.3 is 11.9 Å². The Bertz CT molecular complexity index is 1110. The number of carbonyl (C=O) groups excluding carboxylic acids is 2. The van der Waals surface area contributed by atoms with Crippen molar-refractivity contribution in [2.75, 3.05) is 19.8 Å². The fourth-order valence-electron chi connectivity index (χ4n) is 7.25. The van der Waals surface area contributed by atoms with Gasteiger partial charge in [0.15, 0.2) is 6.10 Å². The molecule has 5 heteroatoms. The molecule has 0 aromatic heterocycles. The zero-order valence-electron chi connectivity index (χ0n) is 41.1. The Labute approximate surface area is 385 Å². The van der Waals surface area contributed by atoms with Crippen LogP contribution in [0.5, 0.6) is 0 Å². The van der Waals surface area contributed by atoms with Gasteiger partial charge in [-0.2, -0.15) is 0 Å². The summed E-state index contributed by atoms with van der Waals surface area (Å²) in [7, 11) is 0. The maximum absolute atomic E-state index is 12.8. The van der Waals surface area contributed by atoms with Crippen LogP contribution in [0, 0.1) is 0 Å². The molecule has 0 heterocycles. The SMILES string of the molecule is CC/C=C\C/C=C\C/C=C\C/C=C\CCCCCOCC(COC(=O)CCCCCCCCC/C=C\CCCCCCCC)OC(=O)CCCCCCC/C=C\CCCCCC. The van der Waals surface area contributed by atoms with E-state index in [1.807, 2.05) is 0 Å². The summed E-state index contributed by atoms with van der Waals surface area (Å²) in [6.07, 6.45) is 67.7. The quantitative estimate of drug-likeness (QED) is 0.0346. The molecule has 0 saturated heterocycles. The molecule has 0 N–H and O–H groups in total. The standard InChI is InChI=1S/C57H100O5/c1-4-7-10-13-16-19-22-25-27-29-30-33-35-38-41-44-47-50-56(58)61-54-55(62-57(59)51-48-45-42-39-36-32-24-21-18-15-12-9-6-3)53-60-52-49-46-43-40-37-34-31-28-26-23-20-17-14-11-8-5-2/h8,11,17,20-21,24-28,34,37,55H,4-7,9-10,12-16,18-19,22-23,29-33,35-36,38-54H2,1-3H3/b11-8-,20-17-,24-21-,27-25-,28-26-,37-34-. The maximum atomic E-state index is 12.8. The van der Waals surface area contributed by atoms with Gasteiger partial charge in [0.05, 0.1) is 6.61 Å². The number of ether oxygens (including phenoxy) is 3. The minimum atomic E-state index is -0.560. The van der Waals surface area contributed by atoms with Crippen LogP contribution in [0.3, 0.4) is 0 Å². The van der Waals surface area contributed by atoms with Crippen LogP contribution in [-0.2, 0) is 23.8 Å². The van der Waals surface area contributed by atoms with Crippen molar-refractivity contribution in [3.05, 3.63) is 72.9 Å². The molecule has 5 nitrogen and oxygen atoms in total. The smallest absolute Gasteiger partial charge is 0.306 e. The summed E-state index contributed by atoms with van der Waals surface area (Å²) in [5.41, 5.74) is 0. The zero-order chi connectivity index (χ0) is 44.9. The highest BCUT2D eigenvalue weighted by Crippen LogP contribution is 2.14. The highest BCUT2D eigenvalue weighted by Gasteiger charge is 2.17. The second kappa shape index (κ2) is 52.7. The lowest BCUT2D eigenvalue weighted by Gasteiger charge is -2.18. The van der Waals surface area contributed by atoms with E-state index in [2.05, 4.69) is 93.7 Å². The Kier molecular flexibility index (Phi) is 50.4.